The van der Waals surface area contributed by atoms with Crippen molar-refractivity contribution in [1.29, 1.82) is 0 Å². The Bertz CT molecular complexity index is 299. The van der Waals surface area contributed by atoms with Crippen LogP contribution >= 0.6 is 0 Å². The lowest BCUT2D eigenvalue weighted by atomic mass is 9.65. The molecule has 1 aliphatic carbocycles. The number of nitrogens with one attached hydrogen (secondary N) is 2. The summed E-state index contributed by atoms with van der Waals surface area (Å²) in [5, 5.41) is 35.2. The lowest BCUT2D eigenvalue weighted by Crippen LogP contribution is -2.78. The van der Waals surface area contributed by atoms with E-state index in [0.717, 1.165) is 0 Å². The van der Waals surface area contributed by atoms with Crippen molar-refractivity contribution in [1.82, 2.24) is 10.6 Å². The van der Waals surface area contributed by atoms with Crippen molar-refractivity contribution in [2.45, 2.75) is 37.1 Å². The minimum absolute atomic E-state index is 0.0925. The number of amides is 1. The second kappa shape index (κ2) is 3.96. The van der Waals surface area contributed by atoms with Crippen LogP contribution < -0.4 is 10.6 Å². The largest absolute Gasteiger partial charge is 0.396 e. The van der Waals surface area contributed by atoms with E-state index in [-0.39, 0.29) is 31.0 Å². The Labute approximate surface area is 93.7 Å². The van der Waals surface area contributed by atoms with Gasteiger partial charge in [-0.25, -0.2) is 0 Å². The highest BCUT2D eigenvalue weighted by Crippen LogP contribution is 2.38. The molecular formula is C10H18N2O4. The zero-order valence-corrected chi connectivity index (χ0v) is 9.18. The van der Waals surface area contributed by atoms with Crippen molar-refractivity contribution in [2.75, 3.05) is 13.2 Å². The van der Waals surface area contributed by atoms with E-state index < -0.39 is 17.7 Å². The van der Waals surface area contributed by atoms with Gasteiger partial charge in [-0.1, -0.05) is 0 Å². The van der Waals surface area contributed by atoms with Gasteiger partial charge in [-0.15, -0.1) is 0 Å². The average Bonchev–Trinajstić information content (AvgIpc) is 2.23. The zero-order chi connectivity index (χ0) is 11.9. The number of aliphatic hydroxyl groups is 3. The van der Waals surface area contributed by atoms with Gasteiger partial charge in [0.15, 0.2) is 0 Å². The molecule has 3 rings (SSSR count). The number of rotatable bonds is 2. The van der Waals surface area contributed by atoms with E-state index in [9.17, 15) is 20.1 Å². The molecule has 2 bridgehead atoms. The summed E-state index contributed by atoms with van der Waals surface area (Å²) in [7, 11) is 0. The molecule has 0 aromatic carbocycles. The molecular weight excluding hydrogens is 212 g/mol. The van der Waals surface area contributed by atoms with Gasteiger partial charge in [-0.3, -0.25) is 4.79 Å². The smallest absolute Gasteiger partial charge is 0.217 e. The Morgan fingerprint density at radius 3 is 2.88 bits per heavy atom. The molecule has 0 spiro atoms. The summed E-state index contributed by atoms with van der Waals surface area (Å²) >= 11 is 0. The second-order valence-electron chi connectivity index (χ2n) is 4.76. The average molecular weight is 230 g/mol. The number of aliphatic hydroxyl groups excluding tert-OH is 2. The van der Waals surface area contributed by atoms with Crippen LogP contribution in [0, 0.1) is 5.92 Å². The lowest BCUT2D eigenvalue weighted by molar-refractivity contribution is -0.188. The molecule has 0 unspecified atom stereocenters. The number of carbonyl (C=O) groups excluding carboxylic acids is 1. The molecule has 0 aromatic rings. The molecule has 0 radical (unpaired) electrons. The summed E-state index contributed by atoms with van der Waals surface area (Å²) < 4.78 is 0. The van der Waals surface area contributed by atoms with Crippen LogP contribution in [0.3, 0.4) is 0 Å². The number of hydrogen-bond acceptors (Lipinski definition) is 5. The Morgan fingerprint density at radius 1 is 1.62 bits per heavy atom. The molecule has 6 heteroatoms. The Hall–Kier alpha value is -0.690. The molecule has 3 fully saturated rings. The monoisotopic (exact) mass is 230 g/mol. The molecule has 1 saturated carbocycles. The van der Waals surface area contributed by atoms with Gasteiger partial charge in [0.2, 0.25) is 5.91 Å². The van der Waals surface area contributed by atoms with E-state index in [1.807, 2.05) is 0 Å². The minimum atomic E-state index is -1.35. The molecule has 1 amide bonds. The van der Waals surface area contributed by atoms with Gasteiger partial charge in [0, 0.05) is 32.0 Å². The van der Waals surface area contributed by atoms with Crippen LogP contribution in [0.2, 0.25) is 0 Å². The molecule has 2 heterocycles. The second-order valence-corrected chi connectivity index (χ2v) is 4.76. The molecule has 3 aliphatic rings. The highest BCUT2D eigenvalue weighted by molar-refractivity contribution is 5.73. The Balaban J connectivity index is 2.19. The van der Waals surface area contributed by atoms with E-state index in [0.29, 0.717) is 6.42 Å². The normalized spacial score (nSPS) is 46.8. The van der Waals surface area contributed by atoms with E-state index in [4.69, 9.17) is 0 Å². The minimum Gasteiger partial charge on any atom is -0.396 e. The Morgan fingerprint density at radius 2 is 2.31 bits per heavy atom. The number of fused-ring (bicyclic) bond motifs is 3. The molecule has 2 aliphatic heterocycles. The summed E-state index contributed by atoms with van der Waals surface area (Å²) in [5.41, 5.74) is -1.35. The maximum absolute atomic E-state index is 11.0. The predicted molar refractivity (Wildman–Crippen MR) is 55.5 cm³/mol. The first-order chi connectivity index (χ1) is 7.49. The lowest BCUT2D eigenvalue weighted by Gasteiger charge is -2.55. The first kappa shape index (κ1) is 11.8. The first-order valence-electron chi connectivity index (χ1n) is 5.51. The topological polar surface area (TPSA) is 102 Å². The summed E-state index contributed by atoms with van der Waals surface area (Å²) in [5.74, 6) is -0.568. The van der Waals surface area contributed by atoms with Crippen LogP contribution in [0.4, 0.5) is 0 Å². The fourth-order valence-electron chi connectivity index (χ4n) is 2.83. The van der Waals surface area contributed by atoms with Crippen LogP contribution in [0.1, 0.15) is 13.3 Å². The van der Waals surface area contributed by atoms with E-state index >= 15 is 0 Å². The highest BCUT2D eigenvalue weighted by atomic mass is 16.3. The van der Waals surface area contributed by atoms with Crippen molar-refractivity contribution in [3.05, 3.63) is 0 Å². The molecule has 6 nitrogen and oxygen atoms in total. The molecule has 5 atom stereocenters. The fourth-order valence-corrected chi connectivity index (χ4v) is 2.83. The summed E-state index contributed by atoms with van der Waals surface area (Å²) in [6, 6.07) is -0.580. The SMILES string of the molecule is CC(=O)N[C@@H]1[C@@H](O)[C@@]2(O)CN[C@@H]1C[C@@H]2CO. The molecule has 2 saturated heterocycles. The Kier molecular flexibility index (Phi) is 2.91. The van der Waals surface area contributed by atoms with Crippen molar-refractivity contribution in [2.24, 2.45) is 5.92 Å². The number of hydrogen-bond donors (Lipinski definition) is 5. The fraction of sp³-hybridized carbons (Fsp3) is 0.900. The van der Waals surface area contributed by atoms with E-state index in [1.165, 1.54) is 6.92 Å². The van der Waals surface area contributed by atoms with Crippen LogP contribution in [-0.4, -0.2) is 58.2 Å². The summed E-state index contributed by atoms with van der Waals surface area (Å²) in [6.07, 6.45) is -0.483. The van der Waals surface area contributed by atoms with Gasteiger partial charge < -0.3 is 26.0 Å². The number of carbonyl (C=O) groups is 1. The van der Waals surface area contributed by atoms with Gasteiger partial charge in [0.05, 0.1) is 6.04 Å². The third-order valence-electron chi connectivity index (χ3n) is 3.77. The highest BCUT2D eigenvalue weighted by Gasteiger charge is 2.57. The third-order valence-corrected chi connectivity index (χ3v) is 3.77. The van der Waals surface area contributed by atoms with Gasteiger partial charge >= 0.3 is 0 Å². The van der Waals surface area contributed by atoms with Crippen LogP contribution in [0.5, 0.6) is 0 Å². The maximum atomic E-state index is 11.0. The molecule has 16 heavy (non-hydrogen) atoms. The third kappa shape index (κ3) is 1.62. The molecule has 5 N–H and O–H groups in total. The van der Waals surface area contributed by atoms with Gasteiger partial charge in [0.25, 0.3) is 0 Å². The first-order valence-corrected chi connectivity index (χ1v) is 5.51. The summed E-state index contributed by atoms with van der Waals surface area (Å²) in [6.45, 7) is 1.47. The molecule has 0 aromatic heterocycles. The van der Waals surface area contributed by atoms with Crippen LogP contribution in [0.15, 0.2) is 0 Å². The quantitative estimate of drug-likeness (QED) is 0.363. The van der Waals surface area contributed by atoms with Gasteiger partial charge in [-0.2, -0.15) is 0 Å². The maximum Gasteiger partial charge on any atom is 0.217 e. The van der Waals surface area contributed by atoms with Crippen molar-refractivity contribution in [3.63, 3.8) is 0 Å². The van der Waals surface area contributed by atoms with Crippen molar-refractivity contribution in [3.8, 4) is 0 Å². The van der Waals surface area contributed by atoms with Gasteiger partial charge in [-0.05, 0) is 6.42 Å². The standard InChI is InChI=1S/C10H18N2O4/c1-5(14)12-8-7-2-6(3-13)10(16,4-11-7)9(8)15/h6-9,11,13,15-16H,2-4H2,1H3,(H,12,14)/t6-,7-,8+,9-,10-/m1/s1. The van der Waals surface area contributed by atoms with Crippen LogP contribution in [0.25, 0.3) is 0 Å². The van der Waals surface area contributed by atoms with Gasteiger partial charge in [0.1, 0.15) is 11.7 Å². The van der Waals surface area contributed by atoms with Crippen molar-refractivity contribution >= 4 is 5.91 Å². The number of piperidine rings is 2. The van der Waals surface area contributed by atoms with E-state index in [2.05, 4.69) is 10.6 Å². The van der Waals surface area contributed by atoms with Crippen molar-refractivity contribution < 1.29 is 20.1 Å². The van der Waals surface area contributed by atoms with Crippen LogP contribution in [-0.2, 0) is 4.79 Å². The predicted octanol–water partition coefficient (Wildman–Crippen LogP) is -2.43. The molecule has 92 valence electrons. The summed E-state index contributed by atoms with van der Waals surface area (Å²) in [4.78, 5) is 11.0. The van der Waals surface area contributed by atoms with E-state index in [1.54, 1.807) is 0 Å². The zero-order valence-electron chi connectivity index (χ0n) is 9.18.